The SMILES string of the molecule is CCOC(=O)/C(=C/c1ccc(OCCCc2ccccc2N2CCCCC2)cc1)CC(=O)N1C[C@H]2CCCC[C@H]2C1. The Kier molecular flexibility index (Phi) is 10.4. The summed E-state index contributed by atoms with van der Waals surface area (Å²) < 4.78 is 11.4. The van der Waals surface area contributed by atoms with Crippen molar-refractivity contribution in [1.82, 2.24) is 4.90 Å². The van der Waals surface area contributed by atoms with Crippen LogP contribution >= 0.6 is 0 Å². The molecule has 2 atom stereocenters. The number of ether oxygens (including phenoxy) is 2. The molecule has 0 unspecified atom stereocenters. The maximum atomic E-state index is 13.2. The molecule has 2 aliphatic heterocycles. The number of esters is 1. The molecule has 41 heavy (non-hydrogen) atoms. The number of amides is 1. The summed E-state index contributed by atoms with van der Waals surface area (Å²) in [6.45, 7) is 6.68. The number of rotatable bonds is 11. The number of carbonyl (C=O) groups excluding carboxylic acids is 2. The van der Waals surface area contributed by atoms with Gasteiger partial charge in [-0.25, -0.2) is 4.79 Å². The lowest BCUT2D eigenvalue weighted by atomic mass is 9.82. The number of hydrogen-bond donors (Lipinski definition) is 0. The molecule has 3 fully saturated rings. The predicted molar refractivity (Wildman–Crippen MR) is 164 cm³/mol. The largest absolute Gasteiger partial charge is 0.494 e. The third kappa shape index (κ3) is 7.93. The molecule has 6 nitrogen and oxygen atoms in total. The first-order chi connectivity index (χ1) is 20.1. The zero-order valence-corrected chi connectivity index (χ0v) is 24.7. The summed E-state index contributed by atoms with van der Waals surface area (Å²) in [7, 11) is 0. The fraction of sp³-hybridized carbons (Fsp3) is 0.543. The standard InChI is InChI=1S/C35H46N2O4/c1-2-40-35(39)31(24-34(38)37-25-29-12-4-5-13-30(29)26-37)23-27-16-18-32(19-17-27)41-22-10-14-28-11-6-7-15-33(28)36-20-8-3-9-21-36/h6-7,11,15-19,23,29-30H,2-5,8-10,12-14,20-22,24-26H2,1H3/b31-23+/t29-,30+. The second-order valence-electron chi connectivity index (χ2n) is 11.9. The van der Waals surface area contributed by atoms with Gasteiger partial charge in [0.1, 0.15) is 5.75 Å². The van der Waals surface area contributed by atoms with Crippen LogP contribution in [0.5, 0.6) is 5.75 Å². The Bertz CT molecular complexity index is 1170. The molecule has 0 radical (unpaired) electrons. The highest BCUT2D eigenvalue weighted by Crippen LogP contribution is 2.36. The van der Waals surface area contributed by atoms with E-state index in [9.17, 15) is 9.59 Å². The lowest BCUT2D eigenvalue weighted by Crippen LogP contribution is -2.30. The van der Waals surface area contributed by atoms with E-state index < -0.39 is 5.97 Å². The van der Waals surface area contributed by atoms with E-state index in [1.54, 1.807) is 13.0 Å². The van der Waals surface area contributed by atoms with Crippen molar-refractivity contribution in [3.8, 4) is 5.75 Å². The van der Waals surface area contributed by atoms with E-state index in [0.29, 0.717) is 24.0 Å². The van der Waals surface area contributed by atoms with Gasteiger partial charge in [0.2, 0.25) is 5.91 Å². The van der Waals surface area contributed by atoms with Gasteiger partial charge in [0, 0.05) is 37.4 Å². The number of para-hydroxylation sites is 1. The van der Waals surface area contributed by atoms with Crippen LogP contribution in [0.15, 0.2) is 54.1 Å². The molecule has 2 saturated heterocycles. The summed E-state index contributed by atoms with van der Waals surface area (Å²) in [4.78, 5) is 30.4. The summed E-state index contributed by atoms with van der Waals surface area (Å²) in [5.41, 5.74) is 4.04. The number of aryl methyl sites for hydroxylation is 1. The Labute approximate surface area is 245 Å². The fourth-order valence-electron chi connectivity index (χ4n) is 6.77. The number of benzene rings is 2. The minimum atomic E-state index is -0.414. The van der Waals surface area contributed by atoms with Crippen molar-refractivity contribution in [2.24, 2.45) is 11.8 Å². The molecule has 6 heteroatoms. The van der Waals surface area contributed by atoms with Crippen molar-refractivity contribution >= 4 is 23.6 Å². The summed E-state index contributed by atoms with van der Waals surface area (Å²) in [5, 5.41) is 0. The van der Waals surface area contributed by atoms with Crippen LogP contribution in [0.4, 0.5) is 5.69 Å². The molecule has 0 N–H and O–H groups in total. The molecule has 1 saturated carbocycles. The first-order valence-electron chi connectivity index (χ1n) is 15.8. The topological polar surface area (TPSA) is 59.1 Å². The Morgan fingerprint density at radius 3 is 2.32 bits per heavy atom. The quantitative estimate of drug-likeness (QED) is 0.175. The van der Waals surface area contributed by atoms with E-state index in [-0.39, 0.29) is 18.9 Å². The monoisotopic (exact) mass is 558 g/mol. The molecule has 3 aliphatic rings. The van der Waals surface area contributed by atoms with Crippen LogP contribution in [-0.2, 0) is 20.7 Å². The third-order valence-electron chi connectivity index (χ3n) is 8.98. The van der Waals surface area contributed by atoms with Crippen LogP contribution in [0, 0.1) is 11.8 Å². The number of nitrogens with zero attached hydrogens (tertiary/aromatic N) is 2. The number of anilines is 1. The van der Waals surface area contributed by atoms with Gasteiger partial charge in [-0.2, -0.15) is 0 Å². The van der Waals surface area contributed by atoms with Crippen molar-refractivity contribution in [2.75, 3.05) is 44.3 Å². The average Bonchev–Trinajstić information content (AvgIpc) is 3.45. The van der Waals surface area contributed by atoms with Crippen LogP contribution in [-0.4, -0.2) is 56.2 Å². The Morgan fingerprint density at radius 2 is 1.61 bits per heavy atom. The maximum absolute atomic E-state index is 13.2. The van der Waals surface area contributed by atoms with E-state index in [1.807, 2.05) is 29.2 Å². The van der Waals surface area contributed by atoms with E-state index in [4.69, 9.17) is 9.47 Å². The molecule has 0 bridgehead atoms. The number of likely N-dealkylation sites (tertiary alicyclic amines) is 1. The van der Waals surface area contributed by atoms with Crippen molar-refractivity contribution in [3.05, 3.63) is 65.2 Å². The van der Waals surface area contributed by atoms with Gasteiger partial charge >= 0.3 is 5.97 Å². The van der Waals surface area contributed by atoms with Gasteiger partial charge in [-0.05, 0) is 99.1 Å². The summed E-state index contributed by atoms with van der Waals surface area (Å²) in [6.07, 6.45) is 12.7. The second kappa shape index (κ2) is 14.6. The summed E-state index contributed by atoms with van der Waals surface area (Å²) in [5.74, 6) is 1.67. The van der Waals surface area contributed by atoms with E-state index in [0.717, 1.165) is 50.3 Å². The highest BCUT2D eigenvalue weighted by Gasteiger charge is 2.36. The Balaban J connectivity index is 1.14. The molecular weight excluding hydrogens is 512 g/mol. The maximum Gasteiger partial charge on any atom is 0.334 e. The summed E-state index contributed by atoms with van der Waals surface area (Å²) in [6, 6.07) is 16.5. The first kappa shape index (κ1) is 29.2. The number of piperidine rings is 1. The molecule has 1 amide bonds. The molecule has 220 valence electrons. The predicted octanol–water partition coefficient (Wildman–Crippen LogP) is 6.67. The lowest BCUT2D eigenvalue weighted by Gasteiger charge is -2.30. The highest BCUT2D eigenvalue weighted by atomic mass is 16.5. The Morgan fingerprint density at radius 1 is 0.902 bits per heavy atom. The zero-order chi connectivity index (χ0) is 28.4. The Hall–Kier alpha value is -3.28. The van der Waals surface area contributed by atoms with Gasteiger partial charge in [0.15, 0.2) is 0 Å². The molecule has 0 aromatic heterocycles. The van der Waals surface area contributed by atoms with Crippen LogP contribution < -0.4 is 9.64 Å². The minimum absolute atomic E-state index is 0.0283. The van der Waals surface area contributed by atoms with Gasteiger partial charge in [0.25, 0.3) is 0 Å². The van der Waals surface area contributed by atoms with Gasteiger partial charge < -0.3 is 19.3 Å². The molecule has 2 aromatic rings. The molecule has 2 heterocycles. The van der Waals surface area contributed by atoms with Gasteiger partial charge in [-0.1, -0.05) is 43.2 Å². The zero-order valence-electron chi connectivity index (χ0n) is 24.7. The van der Waals surface area contributed by atoms with Crippen molar-refractivity contribution in [2.45, 2.75) is 71.1 Å². The lowest BCUT2D eigenvalue weighted by molar-refractivity contribution is -0.140. The van der Waals surface area contributed by atoms with Gasteiger partial charge in [-0.15, -0.1) is 0 Å². The van der Waals surface area contributed by atoms with Gasteiger partial charge in [0.05, 0.1) is 19.6 Å². The minimum Gasteiger partial charge on any atom is -0.494 e. The van der Waals surface area contributed by atoms with Crippen molar-refractivity contribution in [1.29, 1.82) is 0 Å². The number of carbonyl (C=O) groups is 2. The average molecular weight is 559 g/mol. The van der Waals surface area contributed by atoms with E-state index in [2.05, 4.69) is 29.2 Å². The van der Waals surface area contributed by atoms with E-state index >= 15 is 0 Å². The molecule has 0 spiro atoms. The number of fused-ring (bicyclic) bond motifs is 1. The molecule has 5 rings (SSSR count). The van der Waals surface area contributed by atoms with Gasteiger partial charge in [-0.3, -0.25) is 4.79 Å². The fourth-order valence-corrected chi connectivity index (χ4v) is 6.77. The highest BCUT2D eigenvalue weighted by molar-refractivity contribution is 5.99. The summed E-state index contributed by atoms with van der Waals surface area (Å²) >= 11 is 0. The van der Waals surface area contributed by atoms with Crippen molar-refractivity contribution in [3.63, 3.8) is 0 Å². The normalized spacial score (nSPS) is 21.0. The van der Waals surface area contributed by atoms with Crippen LogP contribution in [0.3, 0.4) is 0 Å². The molecule has 2 aromatic carbocycles. The van der Waals surface area contributed by atoms with Crippen LogP contribution in [0.25, 0.3) is 6.08 Å². The van der Waals surface area contributed by atoms with Crippen molar-refractivity contribution < 1.29 is 19.1 Å². The number of hydrogen-bond acceptors (Lipinski definition) is 5. The third-order valence-corrected chi connectivity index (χ3v) is 8.98. The first-order valence-corrected chi connectivity index (χ1v) is 15.8. The van der Waals surface area contributed by atoms with E-state index in [1.165, 1.54) is 56.2 Å². The molecule has 1 aliphatic carbocycles. The van der Waals surface area contributed by atoms with Crippen LogP contribution in [0.1, 0.15) is 75.8 Å². The van der Waals surface area contributed by atoms with Crippen LogP contribution in [0.2, 0.25) is 0 Å². The molecular formula is C35H46N2O4. The smallest absolute Gasteiger partial charge is 0.334 e. The second-order valence-corrected chi connectivity index (χ2v) is 11.9.